The second-order valence-electron chi connectivity index (χ2n) is 8.01. The molecule has 0 saturated carbocycles. The Hall–Kier alpha value is -2.08. The average Bonchev–Trinajstić information content (AvgIpc) is 2.70. The molecule has 0 heterocycles. The van der Waals surface area contributed by atoms with Crippen LogP contribution in [0.2, 0.25) is 0 Å². The lowest BCUT2D eigenvalue weighted by Gasteiger charge is -2.20. The lowest BCUT2D eigenvalue weighted by Crippen LogP contribution is -2.10. The first-order chi connectivity index (χ1) is 13.4. The Morgan fingerprint density at radius 1 is 0.552 bits per heavy atom. The van der Waals surface area contributed by atoms with Crippen molar-refractivity contribution in [1.82, 2.24) is 0 Å². The summed E-state index contributed by atoms with van der Waals surface area (Å²) in [5, 5.41) is 40.0. The highest BCUT2D eigenvalue weighted by atomic mass is 16.3. The van der Waals surface area contributed by atoms with Crippen molar-refractivity contribution in [2.75, 3.05) is 21.3 Å². The van der Waals surface area contributed by atoms with E-state index in [0.29, 0.717) is 11.0 Å². The number of hydrogen-bond acceptors (Lipinski definition) is 5. The first-order valence-electron chi connectivity index (χ1n) is 9.35. The molecule has 0 aliphatic heterocycles. The van der Waals surface area contributed by atoms with Gasteiger partial charge in [0.25, 0.3) is 0 Å². The van der Waals surface area contributed by atoms with Gasteiger partial charge in [-0.25, -0.2) is 0 Å². The Kier molecular flexibility index (Phi) is 17.2. The molecule has 0 unspecified atom stereocenters. The average molecular weight is 411 g/mol. The Morgan fingerprint density at radius 2 is 0.862 bits per heavy atom. The minimum Gasteiger partial charge on any atom is -0.508 e. The molecule has 0 saturated heterocycles. The number of hydrogen-bond donors (Lipinski definition) is 5. The van der Waals surface area contributed by atoms with E-state index in [0.717, 1.165) is 26.9 Å². The van der Waals surface area contributed by atoms with Crippen LogP contribution in [0.4, 0.5) is 0 Å². The zero-order chi connectivity index (χ0) is 23.8. The van der Waals surface area contributed by atoms with Gasteiger partial charge in [0.05, 0.1) is 0 Å². The summed E-state index contributed by atoms with van der Waals surface area (Å²) in [6.45, 7) is 14.5. The first-order valence-corrected chi connectivity index (χ1v) is 9.35. The highest BCUT2D eigenvalue weighted by Gasteiger charge is 2.16. The van der Waals surface area contributed by atoms with Crippen molar-refractivity contribution in [3.05, 3.63) is 59.2 Å². The van der Waals surface area contributed by atoms with Crippen LogP contribution < -0.4 is 0 Å². The monoisotopic (exact) mass is 410 g/mol. The van der Waals surface area contributed by atoms with Crippen LogP contribution in [0, 0.1) is 6.92 Å². The van der Waals surface area contributed by atoms with Crippen molar-refractivity contribution in [3.63, 3.8) is 0 Å². The van der Waals surface area contributed by atoms with Gasteiger partial charge in [0.2, 0.25) is 0 Å². The molecule has 0 atom stereocenters. The fraction of sp³-hybridized carbons (Fsp3) is 0.500. The predicted octanol–water partition coefficient (Wildman–Crippen LogP) is 4.51. The summed E-state index contributed by atoms with van der Waals surface area (Å²) in [5.41, 5.74) is 3.11. The summed E-state index contributed by atoms with van der Waals surface area (Å²) >= 11 is 0. The largest absolute Gasteiger partial charge is 0.508 e. The molecule has 0 aliphatic rings. The van der Waals surface area contributed by atoms with Gasteiger partial charge in [-0.15, -0.1) is 0 Å². The molecule has 5 nitrogen and oxygen atoms in total. The highest BCUT2D eigenvalue weighted by Crippen LogP contribution is 2.33. The molecular weight excluding hydrogens is 368 g/mol. The van der Waals surface area contributed by atoms with E-state index in [2.05, 4.69) is 51.1 Å². The molecule has 0 radical (unpaired) electrons. The predicted molar refractivity (Wildman–Crippen MR) is 123 cm³/mol. The molecule has 0 bridgehead atoms. The quantitative estimate of drug-likeness (QED) is 0.440. The molecule has 2 aromatic rings. The molecule has 29 heavy (non-hydrogen) atoms. The normalized spacial score (nSPS) is 9.83. The van der Waals surface area contributed by atoms with Crippen LogP contribution in [-0.2, 0) is 10.8 Å². The Bertz CT molecular complexity index is 616. The van der Waals surface area contributed by atoms with Crippen LogP contribution in [0.15, 0.2) is 42.5 Å². The van der Waals surface area contributed by atoms with Gasteiger partial charge in [-0.3, -0.25) is 0 Å². The van der Waals surface area contributed by atoms with E-state index in [1.54, 1.807) is 19.1 Å². The highest BCUT2D eigenvalue weighted by molar-refractivity contribution is 5.47. The molecule has 5 heteroatoms. The Balaban J connectivity index is -0.000000377. The van der Waals surface area contributed by atoms with E-state index in [1.807, 2.05) is 20.8 Å². The molecule has 0 aliphatic carbocycles. The van der Waals surface area contributed by atoms with Crippen molar-refractivity contribution in [2.24, 2.45) is 0 Å². The van der Waals surface area contributed by atoms with Gasteiger partial charge in [0, 0.05) is 26.9 Å². The van der Waals surface area contributed by atoms with Crippen LogP contribution in [-0.4, -0.2) is 46.9 Å². The second-order valence-corrected chi connectivity index (χ2v) is 8.01. The van der Waals surface area contributed by atoms with Crippen LogP contribution in [0.5, 0.6) is 11.5 Å². The van der Waals surface area contributed by atoms with Crippen molar-refractivity contribution in [3.8, 4) is 11.5 Å². The second kappa shape index (κ2) is 15.8. The molecular formula is C24H42O5. The van der Waals surface area contributed by atoms with E-state index in [1.165, 1.54) is 5.56 Å². The molecule has 2 aromatic carbocycles. The maximum atomic E-state index is 9.48. The molecule has 0 fully saturated rings. The van der Waals surface area contributed by atoms with Crippen LogP contribution in [0.25, 0.3) is 0 Å². The summed E-state index contributed by atoms with van der Waals surface area (Å²) in [7, 11) is 3.00. The number of phenolic OH excluding ortho intramolecular Hbond substituents is 2. The summed E-state index contributed by atoms with van der Waals surface area (Å²) < 4.78 is 0. The van der Waals surface area contributed by atoms with Crippen molar-refractivity contribution >= 4 is 0 Å². The SMILES string of the molecule is CC(C)(C)c1ccccc1.CO.CO.CO.Cc1c(O)cc(C(C)(C)C)cc1O. The molecule has 5 N–H and O–H groups in total. The van der Waals surface area contributed by atoms with Gasteiger partial charge in [-0.2, -0.15) is 0 Å². The smallest absolute Gasteiger partial charge is 0.122 e. The third kappa shape index (κ3) is 12.9. The summed E-state index contributed by atoms with van der Waals surface area (Å²) in [4.78, 5) is 0. The van der Waals surface area contributed by atoms with Crippen LogP contribution in [0.3, 0.4) is 0 Å². The third-order valence-corrected chi connectivity index (χ3v) is 3.86. The number of rotatable bonds is 0. The van der Waals surface area contributed by atoms with Gasteiger partial charge >= 0.3 is 0 Å². The first kappa shape index (κ1) is 31.6. The summed E-state index contributed by atoms with van der Waals surface area (Å²) in [5.74, 6) is 0.315. The molecule has 0 amide bonds. The van der Waals surface area contributed by atoms with Crippen LogP contribution in [0.1, 0.15) is 58.2 Å². The Labute approximate surface area is 177 Å². The van der Waals surface area contributed by atoms with Gasteiger partial charge < -0.3 is 25.5 Å². The molecule has 0 spiro atoms. The Morgan fingerprint density at radius 3 is 1.10 bits per heavy atom. The van der Waals surface area contributed by atoms with Gasteiger partial charge in [0.1, 0.15) is 11.5 Å². The van der Waals surface area contributed by atoms with Gasteiger partial charge in [0.15, 0.2) is 0 Å². The minimum absolute atomic E-state index is 0.0529. The van der Waals surface area contributed by atoms with Crippen LogP contribution >= 0.6 is 0 Å². The minimum atomic E-state index is -0.0529. The van der Waals surface area contributed by atoms with E-state index in [-0.39, 0.29) is 16.9 Å². The van der Waals surface area contributed by atoms with E-state index >= 15 is 0 Å². The zero-order valence-corrected chi connectivity index (χ0v) is 19.8. The lowest BCUT2D eigenvalue weighted by molar-refractivity contribution is 0.399. The number of phenols is 2. The third-order valence-electron chi connectivity index (χ3n) is 3.86. The van der Waals surface area contributed by atoms with Crippen molar-refractivity contribution in [2.45, 2.75) is 59.3 Å². The van der Waals surface area contributed by atoms with E-state index in [9.17, 15) is 10.2 Å². The maximum Gasteiger partial charge on any atom is 0.122 e. The summed E-state index contributed by atoms with van der Waals surface area (Å²) in [6.07, 6.45) is 0. The maximum absolute atomic E-state index is 9.48. The van der Waals surface area contributed by atoms with Gasteiger partial charge in [-0.05, 0) is 41.0 Å². The summed E-state index contributed by atoms with van der Waals surface area (Å²) in [6, 6.07) is 14.0. The van der Waals surface area contributed by atoms with E-state index in [4.69, 9.17) is 15.3 Å². The van der Waals surface area contributed by atoms with Gasteiger partial charge in [-0.1, -0.05) is 71.9 Å². The standard InChI is InChI=1S/C11H16O2.C10H14.3CH4O/c1-7-9(12)5-8(6-10(7)13)11(2,3)4;1-10(2,3)9-7-5-4-6-8-9;3*1-2/h5-6,12-13H,1-4H3;4-8H,1-3H3;3*2H,1H3. The van der Waals surface area contributed by atoms with Crippen molar-refractivity contribution < 1.29 is 25.5 Å². The van der Waals surface area contributed by atoms with Crippen molar-refractivity contribution in [1.29, 1.82) is 0 Å². The topological polar surface area (TPSA) is 101 Å². The fourth-order valence-electron chi connectivity index (χ4n) is 2.06. The fourth-order valence-corrected chi connectivity index (χ4v) is 2.06. The number of aliphatic hydroxyl groups excluding tert-OH is 3. The molecule has 0 aromatic heterocycles. The number of aromatic hydroxyl groups is 2. The number of aliphatic hydroxyl groups is 3. The molecule has 168 valence electrons. The van der Waals surface area contributed by atoms with E-state index < -0.39 is 0 Å². The molecule has 2 rings (SSSR count). The zero-order valence-electron chi connectivity index (χ0n) is 19.8. The lowest BCUT2D eigenvalue weighted by atomic mass is 9.86. The number of benzene rings is 2.